The average molecular weight is 237 g/mol. The number of ether oxygens (including phenoxy) is 2. The van der Waals surface area contributed by atoms with Gasteiger partial charge >= 0.3 is 6.09 Å². The maximum atomic E-state index is 10.7. The Balaban J connectivity index is 2.15. The van der Waals surface area contributed by atoms with E-state index in [1.165, 1.54) is 11.9 Å². The van der Waals surface area contributed by atoms with Gasteiger partial charge in [-0.3, -0.25) is 0 Å². The van der Waals surface area contributed by atoms with E-state index in [4.69, 9.17) is 14.6 Å². The van der Waals surface area contributed by atoms with Gasteiger partial charge in [-0.1, -0.05) is 6.07 Å². The molecule has 0 bridgehead atoms. The molecule has 1 aromatic carbocycles. The highest BCUT2D eigenvalue weighted by Gasteiger charge is 2.12. The first-order valence-electron chi connectivity index (χ1n) is 5.49. The normalized spacial score (nSPS) is 13.9. The molecule has 1 aromatic rings. The molecule has 17 heavy (non-hydrogen) atoms. The molecule has 0 saturated heterocycles. The SMILES string of the molecule is CN(Cc1ccc2c(c1)OCCCO2)C(=O)O. The van der Waals surface area contributed by atoms with Crippen LogP contribution in [0.1, 0.15) is 12.0 Å². The number of benzene rings is 1. The molecule has 0 unspecified atom stereocenters. The predicted octanol–water partition coefficient (Wildman–Crippen LogP) is 1.96. The van der Waals surface area contributed by atoms with E-state index in [9.17, 15) is 4.79 Å². The Morgan fingerprint density at radius 1 is 1.35 bits per heavy atom. The molecular weight excluding hydrogens is 222 g/mol. The Morgan fingerprint density at radius 2 is 2.06 bits per heavy atom. The fourth-order valence-electron chi connectivity index (χ4n) is 1.65. The molecule has 1 aliphatic heterocycles. The molecule has 0 atom stereocenters. The largest absolute Gasteiger partial charge is 0.490 e. The highest BCUT2D eigenvalue weighted by Crippen LogP contribution is 2.30. The van der Waals surface area contributed by atoms with Gasteiger partial charge in [0.05, 0.1) is 13.2 Å². The Labute approximate surface area is 99.6 Å². The Hall–Kier alpha value is -1.91. The van der Waals surface area contributed by atoms with Crippen molar-refractivity contribution in [1.29, 1.82) is 0 Å². The summed E-state index contributed by atoms with van der Waals surface area (Å²) >= 11 is 0. The molecule has 0 saturated carbocycles. The third-order valence-corrected chi connectivity index (χ3v) is 2.56. The maximum Gasteiger partial charge on any atom is 0.407 e. The monoisotopic (exact) mass is 237 g/mol. The fraction of sp³-hybridized carbons (Fsp3) is 0.417. The molecule has 0 fully saturated rings. The molecule has 0 spiro atoms. The van der Waals surface area contributed by atoms with Crippen molar-refractivity contribution >= 4 is 6.09 Å². The summed E-state index contributed by atoms with van der Waals surface area (Å²) in [6, 6.07) is 5.51. The van der Waals surface area contributed by atoms with Gasteiger partial charge < -0.3 is 19.5 Å². The molecule has 5 heteroatoms. The first kappa shape index (κ1) is 11.6. The highest BCUT2D eigenvalue weighted by atomic mass is 16.5. The smallest absolute Gasteiger partial charge is 0.407 e. The van der Waals surface area contributed by atoms with Crippen LogP contribution in [0.4, 0.5) is 4.79 Å². The summed E-state index contributed by atoms with van der Waals surface area (Å²) in [5.74, 6) is 1.42. The van der Waals surface area contributed by atoms with Crippen LogP contribution in [0, 0.1) is 0 Å². The first-order chi connectivity index (χ1) is 8.16. The lowest BCUT2D eigenvalue weighted by molar-refractivity contribution is 0.153. The molecule has 5 nitrogen and oxygen atoms in total. The molecule has 0 radical (unpaired) electrons. The average Bonchev–Trinajstić information content (AvgIpc) is 2.53. The molecular formula is C12H15NO4. The van der Waals surface area contributed by atoms with Gasteiger partial charge in [0, 0.05) is 20.0 Å². The van der Waals surface area contributed by atoms with Crippen molar-refractivity contribution in [2.24, 2.45) is 0 Å². The summed E-state index contributed by atoms with van der Waals surface area (Å²) in [5, 5.41) is 8.80. The Kier molecular flexibility index (Phi) is 3.37. The van der Waals surface area contributed by atoms with Gasteiger partial charge in [0.15, 0.2) is 11.5 Å². The van der Waals surface area contributed by atoms with Crippen LogP contribution in [0.15, 0.2) is 18.2 Å². The minimum atomic E-state index is -0.947. The minimum Gasteiger partial charge on any atom is -0.490 e. The molecule has 0 aromatic heterocycles. The van der Waals surface area contributed by atoms with Gasteiger partial charge in [0.2, 0.25) is 0 Å². The number of amides is 1. The molecule has 1 N–H and O–H groups in total. The third kappa shape index (κ3) is 2.81. The first-order valence-corrected chi connectivity index (χ1v) is 5.49. The summed E-state index contributed by atoms with van der Waals surface area (Å²) < 4.78 is 11.0. The maximum absolute atomic E-state index is 10.7. The number of nitrogens with zero attached hydrogens (tertiary/aromatic N) is 1. The summed E-state index contributed by atoms with van der Waals surface area (Å²) in [7, 11) is 1.53. The lowest BCUT2D eigenvalue weighted by Gasteiger charge is -2.14. The lowest BCUT2D eigenvalue weighted by atomic mass is 10.2. The second-order valence-electron chi connectivity index (χ2n) is 3.97. The highest BCUT2D eigenvalue weighted by molar-refractivity contribution is 5.64. The van der Waals surface area contributed by atoms with Crippen molar-refractivity contribution in [3.63, 3.8) is 0 Å². The van der Waals surface area contributed by atoms with E-state index in [0.29, 0.717) is 25.5 Å². The van der Waals surface area contributed by atoms with E-state index in [0.717, 1.165) is 17.7 Å². The topological polar surface area (TPSA) is 59.0 Å². The number of rotatable bonds is 2. The van der Waals surface area contributed by atoms with Crippen molar-refractivity contribution in [1.82, 2.24) is 4.90 Å². The van der Waals surface area contributed by atoms with E-state index in [1.54, 1.807) is 0 Å². The second kappa shape index (κ2) is 4.95. The van der Waals surface area contributed by atoms with Crippen LogP contribution >= 0.6 is 0 Å². The quantitative estimate of drug-likeness (QED) is 0.854. The van der Waals surface area contributed by atoms with Crippen LogP contribution in [-0.4, -0.2) is 36.4 Å². The van der Waals surface area contributed by atoms with Crippen molar-refractivity contribution in [2.75, 3.05) is 20.3 Å². The molecule has 1 aliphatic rings. The van der Waals surface area contributed by atoms with E-state index in [-0.39, 0.29) is 0 Å². The lowest BCUT2D eigenvalue weighted by Crippen LogP contribution is -2.23. The zero-order chi connectivity index (χ0) is 12.3. The number of fused-ring (bicyclic) bond motifs is 1. The number of hydrogen-bond donors (Lipinski definition) is 1. The van der Waals surface area contributed by atoms with Crippen molar-refractivity contribution in [3.05, 3.63) is 23.8 Å². The van der Waals surface area contributed by atoms with Crippen LogP contribution < -0.4 is 9.47 Å². The molecule has 0 aliphatic carbocycles. The Morgan fingerprint density at radius 3 is 2.76 bits per heavy atom. The summed E-state index contributed by atoms with van der Waals surface area (Å²) in [6.07, 6.45) is -0.0870. The van der Waals surface area contributed by atoms with Crippen LogP contribution in [0.25, 0.3) is 0 Å². The number of carboxylic acid groups (broad SMARTS) is 1. The summed E-state index contributed by atoms with van der Waals surface area (Å²) in [4.78, 5) is 11.9. The number of hydrogen-bond acceptors (Lipinski definition) is 3. The molecule has 2 rings (SSSR count). The summed E-state index contributed by atoms with van der Waals surface area (Å²) in [5.41, 5.74) is 0.888. The molecule has 1 amide bonds. The van der Waals surface area contributed by atoms with Crippen LogP contribution in [0.3, 0.4) is 0 Å². The van der Waals surface area contributed by atoms with Gasteiger partial charge in [0.25, 0.3) is 0 Å². The van der Waals surface area contributed by atoms with E-state index >= 15 is 0 Å². The Bertz CT molecular complexity index is 419. The van der Waals surface area contributed by atoms with E-state index < -0.39 is 6.09 Å². The standard InChI is InChI=1S/C12H15NO4/c1-13(12(14)15)8-9-3-4-10-11(7-9)17-6-2-5-16-10/h3-4,7H,2,5-6,8H2,1H3,(H,14,15). The van der Waals surface area contributed by atoms with Crippen LogP contribution in [0.2, 0.25) is 0 Å². The summed E-state index contributed by atoms with van der Waals surface area (Å²) in [6.45, 7) is 1.62. The van der Waals surface area contributed by atoms with Gasteiger partial charge in [-0.05, 0) is 17.7 Å². The van der Waals surface area contributed by atoms with Crippen molar-refractivity contribution in [2.45, 2.75) is 13.0 Å². The van der Waals surface area contributed by atoms with Gasteiger partial charge in [-0.2, -0.15) is 0 Å². The second-order valence-corrected chi connectivity index (χ2v) is 3.97. The van der Waals surface area contributed by atoms with Gasteiger partial charge in [-0.15, -0.1) is 0 Å². The van der Waals surface area contributed by atoms with Crippen molar-refractivity contribution in [3.8, 4) is 11.5 Å². The van der Waals surface area contributed by atoms with Crippen LogP contribution in [-0.2, 0) is 6.54 Å². The third-order valence-electron chi connectivity index (χ3n) is 2.56. The molecule has 1 heterocycles. The fourth-order valence-corrected chi connectivity index (χ4v) is 1.65. The van der Waals surface area contributed by atoms with E-state index in [2.05, 4.69) is 0 Å². The van der Waals surface area contributed by atoms with Crippen LogP contribution in [0.5, 0.6) is 11.5 Å². The van der Waals surface area contributed by atoms with Crippen molar-refractivity contribution < 1.29 is 19.4 Å². The number of carbonyl (C=O) groups is 1. The van der Waals surface area contributed by atoms with E-state index in [1.807, 2.05) is 18.2 Å². The van der Waals surface area contributed by atoms with Gasteiger partial charge in [0.1, 0.15) is 0 Å². The molecule has 92 valence electrons. The zero-order valence-corrected chi connectivity index (χ0v) is 9.68. The zero-order valence-electron chi connectivity index (χ0n) is 9.68. The minimum absolute atomic E-state index is 0.339. The predicted molar refractivity (Wildman–Crippen MR) is 61.5 cm³/mol. The van der Waals surface area contributed by atoms with Gasteiger partial charge in [-0.25, -0.2) is 4.79 Å².